The Morgan fingerprint density at radius 3 is 2.50 bits per heavy atom. The number of carbonyl (C=O) groups excluding carboxylic acids is 1. The first-order valence-corrected chi connectivity index (χ1v) is 6.05. The molecular formula is C9H17IO2. The van der Waals surface area contributed by atoms with Crippen molar-refractivity contribution in [2.45, 2.75) is 45.4 Å². The highest BCUT2D eigenvalue weighted by Gasteiger charge is 1.99. The molecule has 0 aliphatic heterocycles. The third-order valence-corrected chi connectivity index (χ3v) is 2.01. The smallest absolute Gasteiger partial charge is 0.306 e. The maximum Gasteiger partial charge on any atom is 0.306 e. The van der Waals surface area contributed by atoms with Crippen LogP contribution in [0.4, 0.5) is 0 Å². The summed E-state index contributed by atoms with van der Waals surface area (Å²) < 4.78 is 5.27. The van der Waals surface area contributed by atoms with E-state index in [9.17, 15) is 4.79 Å². The zero-order chi connectivity index (χ0) is 9.23. The van der Waals surface area contributed by atoms with E-state index in [1.807, 2.05) is 22.6 Å². The van der Waals surface area contributed by atoms with Gasteiger partial charge in [-0.1, -0.05) is 32.6 Å². The molecule has 0 heterocycles. The molecule has 0 amide bonds. The van der Waals surface area contributed by atoms with Gasteiger partial charge < -0.3 is 4.74 Å². The molecule has 0 aliphatic carbocycles. The second-order valence-corrected chi connectivity index (χ2v) is 3.41. The Balaban J connectivity index is 3.03. The lowest BCUT2D eigenvalue weighted by Gasteiger charge is -2.00. The quantitative estimate of drug-likeness (QED) is 0.310. The van der Waals surface area contributed by atoms with Gasteiger partial charge in [0.1, 0.15) is 4.61 Å². The first kappa shape index (κ1) is 12.2. The summed E-state index contributed by atoms with van der Waals surface area (Å²) in [7, 11) is 0. The van der Waals surface area contributed by atoms with Crippen molar-refractivity contribution < 1.29 is 9.53 Å². The zero-order valence-electron chi connectivity index (χ0n) is 7.64. The van der Waals surface area contributed by atoms with Crippen LogP contribution in [-0.2, 0) is 9.53 Å². The van der Waals surface area contributed by atoms with Gasteiger partial charge in [-0.2, -0.15) is 0 Å². The van der Waals surface area contributed by atoms with E-state index in [0.29, 0.717) is 11.0 Å². The minimum atomic E-state index is -0.0547. The average molecular weight is 284 g/mol. The summed E-state index contributed by atoms with van der Waals surface area (Å²) in [5, 5.41) is 0. The fraction of sp³-hybridized carbons (Fsp3) is 0.889. The SMILES string of the molecule is CCCCCCCC(=O)OCI. The Morgan fingerprint density at radius 2 is 1.92 bits per heavy atom. The van der Waals surface area contributed by atoms with Crippen LogP contribution in [0.1, 0.15) is 45.4 Å². The maximum atomic E-state index is 10.8. The number of hydrogen-bond acceptors (Lipinski definition) is 2. The number of halogens is 1. The number of unbranched alkanes of at least 4 members (excludes halogenated alkanes) is 4. The number of alkyl halides is 1. The van der Waals surface area contributed by atoms with Crippen molar-refractivity contribution in [1.29, 1.82) is 0 Å². The summed E-state index contributed by atoms with van der Waals surface area (Å²) in [5.41, 5.74) is 0. The molecule has 0 radical (unpaired) electrons. The zero-order valence-corrected chi connectivity index (χ0v) is 9.80. The highest BCUT2D eigenvalue weighted by Crippen LogP contribution is 2.05. The van der Waals surface area contributed by atoms with Crippen LogP contribution in [0.5, 0.6) is 0 Å². The van der Waals surface area contributed by atoms with Crippen LogP contribution in [0.25, 0.3) is 0 Å². The predicted molar refractivity (Wildman–Crippen MR) is 58.4 cm³/mol. The summed E-state index contributed by atoms with van der Waals surface area (Å²) in [6.45, 7) is 2.18. The lowest BCUT2D eigenvalue weighted by atomic mass is 10.1. The fourth-order valence-electron chi connectivity index (χ4n) is 1.01. The third kappa shape index (κ3) is 8.30. The molecule has 0 aromatic carbocycles. The van der Waals surface area contributed by atoms with E-state index >= 15 is 0 Å². The van der Waals surface area contributed by atoms with Crippen LogP contribution < -0.4 is 0 Å². The van der Waals surface area contributed by atoms with E-state index in [1.165, 1.54) is 19.3 Å². The van der Waals surface area contributed by atoms with Gasteiger partial charge in [0.15, 0.2) is 0 Å². The summed E-state index contributed by atoms with van der Waals surface area (Å²) in [4.78, 5) is 10.8. The largest absolute Gasteiger partial charge is 0.455 e. The van der Waals surface area contributed by atoms with Crippen molar-refractivity contribution in [3.05, 3.63) is 0 Å². The topological polar surface area (TPSA) is 26.3 Å². The van der Waals surface area contributed by atoms with Gasteiger partial charge in [-0.15, -0.1) is 0 Å². The second-order valence-electron chi connectivity index (χ2n) is 2.79. The van der Waals surface area contributed by atoms with Crippen LogP contribution in [0.15, 0.2) is 0 Å². The fourth-order valence-corrected chi connectivity index (χ4v) is 1.35. The van der Waals surface area contributed by atoms with Crippen molar-refractivity contribution in [1.82, 2.24) is 0 Å². The number of carbonyl (C=O) groups is 1. The molecule has 0 N–H and O–H groups in total. The van der Waals surface area contributed by atoms with Gasteiger partial charge in [-0.25, -0.2) is 0 Å². The van der Waals surface area contributed by atoms with E-state index in [1.54, 1.807) is 0 Å². The van der Waals surface area contributed by atoms with Gasteiger partial charge >= 0.3 is 5.97 Å². The van der Waals surface area contributed by atoms with Crippen LogP contribution >= 0.6 is 22.6 Å². The van der Waals surface area contributed by atoms with Gasteiger partial charge in [0.2, 0.25) is 0 Å². The van der Waals surface area contributed by atoms with Crippen LogP contribution in [0, 0.1) is 0 Å². The molecule has 12 heavy (non-hydrogen) atoms. The average Bonchev–Trinajstić information content (AvgIpc) is 2.05. The first-order chi connectivity index (χ1) is 5.81. The molecule has 72 valence electrons. The van der Waals surface area contributed by atoms with Crippen molar-refractivity contribution in [3.8, 4) is 0 Å². The molecule has 0 fully saturated rings. The maximum absolute atomic E-state index is 10.8. The number of rotatable bonds is 7. The highest BCUT2D eigenvalue weighted by atomic mass is 127. The van der Waals surface area contributed by atoms with Gasteiger partial charge in [-0.05, 0) is 29.0 Å². The molecule has 3 heteroatoms. The molecule has 0 saturated heterocycles. The van der Waals surface area contributed by atoms with Crippen molar-refractivity contribution in [2.75, 3.05) is 4.61 Å². The Morgan fingerprint density at radius 1 is 1.25 bits per heavy atom. The predicted octanol–water partition coefficient (Wildman–Crippen LogP) is 3.28. The van der Waals surface area contributed by atoms with E-state index in [-0.39, 0.29) is 5.97 Å². The molecule has 0 atom stereocenters. The minimum Gasteiger partial charge on any atom is -0.455 e. The van der Waals surface area contributed by atoms with E-state index in [4.69, 9.17) is 4.74 Å². The van der Waals surface area contributed by atoms with Crippen molar-refractivity contribution in [2.24, 2.45) is 0 Å². The summed E-state index contributed by atoms with van der Waals surface area (Å²) in [6, 6.07) is 0. The molecular weight excluding hydrogens is 267 g/mol. The molecule has 0 unspecified atom stereocenters. The molecule has 0 aromatic rings. The molecule has 2 nitrogen and oxygen atoms in total. The second kappa shape index (κ2) is 9.29. The lowest BCUT2D eigenvalue weighted by Crippen LogP contribution is -2.01. The number of esters is 1. The molecule has 0 rings (SSSR count). The highest BCUT2D eigenvalue weighted by molar-refractivity contribution is 14.1. The summed E-state index contributed by atoms with van der Waals surface area (Å²) in [6.07, 6.45) is 6.50. The molecule has 0 bridgehead atoms. The third-order valence-electron chi connectivity index (χ3n) is 1.70. The van der Waals surface area contributed by atoms with Crippen molar-refractivity contribution in [3.63, 3.8) is 0 Å². The van der Waals surface area contributed by atoms with Crippen LogP contribution in [-0.4, -0.2) is 10.6 Å². The molecule has 0 saturated carbocycles. The molecule has 0 aliphatic rings. The van der Waals surface area contributed by atoms with Gasteiger partial charge in [0.05, 0.1) is 0 Å². The first-order valence-electron chi connectivity index (χ1n) is 4.52. The Labute approximate surface area is 88.2 Å². The van der Waals surface area contributed by atoms with Gasteiger partial charge in [0.25, 0.3) is 0 Å². The standard InChI is InChI=1S/C9H17IO2/c1-2-3-4-5-6-7-9(11)12-8-10/h2-8H2,1H3. The van der Waals surface area contributed by atoms with E-state index in [0.717, 1.165) is 12.8 Å². The van der Waals surface area contributed by atoms with Crippen LogP contribution in [0.2, 0.25) is 0 Å². The van der Waals surface area contributed by atoms with Gasteiger partial charge in [0, 0.05) is 6.42 Å². The normalized spacial score (nSPS) is 9.83. The van der Waals surface area contributed by atoms with Crippen molar-refractivity contribution >= 4 is 28.6 Å². The summed E-state index contributed by atoms with van der Waals surface area (Å²) in [5.74, 6) is -0.0547. The molecule has 0 aromatic heterocycles. The molecule has 0 spiro atoms. The van der Waals surface area contributed by atoms with E-state index < -0.39 is 0 Å². The summed E-state index contributed by atoms with van der Waals surface area (Å²) >= 11 is 2.03. The Bertz CT molecular complexity index is 115. The number of ether oxygens (including phenoxy) is 1. The minimum absolute atomic E-state index is 0.0547. The number of hydrogen-bond donors (Lipinski definition) is 0. The monoisotopic (exact) mass is 284 g/mol. The lowest BCUT2D eigenvalue weighted by molar-refractivity contribution is -0.141. The Hall–Kier alpha value is 0.200. The van der Waals surface area contributed by atoms with Gasteiger partial charge in [-0.3, -0.25) is 4.79 Å². The van der Waals surface area contributed by atoms with E-state index in [2.05, 4.69) is 6.92 Å². The van der Waals surface area contributed by atoms with Crippen LogP contribution in [0.3, 0.4) is 0 Å². The Kier molecular flexibility index (Phi) is 9.44.